The van der Waals surface area contributed by atoms with Crippen LogP contribution in [0.25, 0.3) is 11.1 Å². The van der Waals surface area contributed by atoms with E-state index in [0.29, 0.717) is 23.4 Å². The first-order valence-electron chi connectivity index (χ1n) is 7.30. The van der Waals surface area contributed by atoms with E-state index in [1.54, 1.807) is 12.1 Å². The summed E-state index contributed by atoms with van der Waals surface area (Å²) in [5, 5.41) is 8.66. The van der Waals surface area contributed by atoms with E-state index in [2.05, 4.69) is 0 Å². The molecule has 2 rings (SSSR count). The zero-order valence-corrected chi connectivity index (χ0v) is 14.2. The maximum Gasteiger partial charge on any atom is 0.321 e. The second-order valence-corrected chi connectivity index (χ2v) is 6.63. The van der Waals surface area contributed by atoms with Crippen molar-refractivity contribution in [2.24, 2.45) is 0 Å². The van der Waals surface area contributed by atoms with E-state index < -0.39 is 11.2 Å². The van der Waals surface area contributed by atoms with Gasteiger partial charge in [0, 0.05) is 11.4 Å². The maximum absolute atomic E-state index is 11.8. The number of halogens is 1. The van der Waals surface area contributed by atoms with E-state index in [0.717, 1.165) is 22.9 Å². The van der Waals surface area contributed by atoms with Gasteiger partial charge in [0.2, 0.25) is 0 Å². The molecule has 0 aliphatic rings. The Labute approximate surface area is 144 Å². The predicted octanol–water partition coefficient (Wildman–Crippen LogP) is 5.19. The van der Waals surface area contributed by atoms with E-state index in [9.17, 15) is 14.7 Å². The molecular formula is C18H17ClO3S. The van der Waals surface area contributed by atoms with Gasteiger partial charge < -0.3 is 5.11 Å². The molecule has 1 N–H and O–H groups in total. The number of benzene rings is 2. The van der Waals surface area contributed by atoms with Crippen molar-refractivity contribution in [1.82, 2.24) is 0 Å². The van der Waals surface area contributed by atoms with Gasteiger partial charge in [-0.15, -0.1) is 0 Å². The Kier molecular flexibility index (Phi) is 6.25. The fourth-order valence-corrected chi connectivity index (χ4v) is 3.56. The molecule has 0 aromatic heterocycles. The summed E-state index contributed by atoms with van der Waals surface area (Å²) in [4.78, 5) is 23.3. The molecule has 5 heteroatoms. The Morgan fingerprint density at radius 2 is 1.83 bits per heavy atom. The van der Waals surface area contributed by atoms with Crippen LogP contribution < -0.4 is 0 Å². The molecule has 0 saturated carbocycles. The molecule has 1 unspecified atom stereocenters. The highest BCUT2D eigenvalue weighted by Crippen LogP contribution is 2.37. The third kappa shape index (κ3) is 4.60. The van der Waals surface area contributed by atoms with Crippen molar-refractivity contribution in [2.45, 2.75) is 25.0 Å². The van der Waals surface area contributed by atoms with Gasteiger partial charge in [0.15, 0.2) is 5.12 Å². The number of carboxylic acid groups (broad SMARTS) is 1. The van der Waals surface area contributed by atoms with Crippen LogP contribution in [0.4, 0.5) is 0 Å². The lowest BCUT2D eigenvalue weighted by Crippen LogP contribution is -2.11. The Balaban J connectivity index is 2.30. The number of thioether (sulfide) groups is 1. The SMILES string of the molecule is CCCC(=O)SC(C(=O)O)c1ccc(-c2ccccc2)cc1Cl. The highest BCUT2D eigenvalue weighted by molar-refractivity contribution is 8.14. The van der Waals surface area contributed by atoms with Crippen LogP contribution in [0.1, 0.15) is 30.6 Å². The van der Waals surface area contributed by atoms with Crippen LogP contribution in [-0.4, -0.2) is 16.2 Å². The van der Waals surface area contributed by atoms with Gasteiger partial charge in [0.25, 0.3) is 0 Å². The normalized spacial score (nSPS) is 11.9. The van der Waals surface area contributed by atoms with Crippen molar-refractivity contribution in [3.05, 3.63) is 59.1 Å². The van der Waals surface area contributed by atoms with Crippen LogP contribution in [0.15, 0.2) is 48.5 Å². The lowest BCUT2D eigenvalue weighted by atomic mass is 10.0. The third-order valence-corrected chi connectivity index (χ3v) is 4.80. The van der Waals surface area contributed by atoms with Crippen molar-refractivity contribution in [2.75, 3.05) is 0 Å². The molecule has 23 heavy (non-hydrogen) atoms. The number of carboxylic acids is 1. The van der Waals surface area contributed by atoms with Crippen molar-refractivity contribution in [3.63, 3.8) is 0 Å². The first kappa shape index (κ1) is 17.6. The number of hydrogen-bond donors (Lipinski definition) is 1. The predicted molar refractivity (Wildman–Crippen MR) is 94.8 cm³/mol. The number of carbonyl (C=O) groups is 2. The van der Waals surface area contributed by atoms with E-state index >= 15 is 0 Å². The largest absolute Gasteiger partial charge is 0.480 e. The Morgan fingerprint density at radius 3 is 2.39 bits per heavy atom. The smallest absolute Gasteiger partial charge is 0.321 e. The summed E-state index contributed by atoms with van der Waals surface area (Å²) in [6, 6.07) is 15.0. The Hall–Kier alpha value is -1.78. The van der Waals surface area contributed by atoms with E-state index in [-0.39, 0.29) is 5.12 Å². The van der Waals surface area contributed by atoms with Crippen molar-refractivity contribution >= 4 is 34.4 Å². The fraction of sp³-hybridized carbons (Fsp3) is 0.222. The monoisotopic (exact) mass is 348 g/mol. The second-order valence-electron chi connectivity index (χ2n) is 5.06. The molecule has 0 aliphatic carbocycles. The van der Waals surface area contributed by atoms with Crippen LogP contribution in [-0.2, 0) is 9.59 Å². The van der Waals surface area contributed by atoms with Gasteiger partial charge in [-0.3, -0.25) is 9.59 Å². The summed E-state index contributed by atoms with van der Waals surface area (Å²) in [6.07, 6.45) is 1.05. The van der Waals surface area contributed by atoms with Crippen LogP contribution in [0.5, 0.6) is 0 Å². The Bertz CT molecular complexity index is 701. The van der Waals surface area contributed by atoms with Gasteiger partial charge in [0.05, 0.1) is 0 Å². The van der Waals surface area contributed by atoms with Gasteiger partial charge in [-0.25, -0.2) is 0 Å². The molecule has 0 bridgehead atoms. The standard InChI is InChI=1S/C18H17ClO3S/c1-2-6-16(20)23-17(18(21)22)14-10-9-13(11-15(14)19)12-7-4-3-5-8-12/h3-5,7-11,17H,2,6H2,1H3,(H,21,22). The summed E-state index contributed by atoms with van der Waals surface area (Å²) in [6.45, 7) is 1.88. The van der Waals surface area contributed by atoms with E-state index in [4.69, 9.17) is 11.6 Å². The molecular weight excluding hydrogens is 332 g/mol. The molecule has 0 amide bonds. The van der Waals surface area contributed by atoms with Gasteiger partial charge in [-0.1, -0.05) is 72.8 Å². The first-order chi connectivity index (χ1) is 11.0. The molecule has 0 spiro atoms. The molecule has 0 saturated heterocycles. The summed E-state index contributed by atoms with van der Waals surface area (Å²) in [5.74, 6) is -1.06. The van der Waals surface area contributed by atoms with Crippen LogP contribution >= 0.6 is 23.4 Å². The second kappa shape index (κ2) is 8.18. The maximum atomic E-state index is 11.8. The van der Waals surface area contributed by atoms with E-state index in [1.807, 2.05) is 43.3 Å². The van der Waals surface area contributed by atoms with Crippen LogP contribution in [0.3, 0.4) is 0 Å². The molecule has 2 aromatic rings. The Morgan fingerprint density at radius 1 is 1.13 bits per heavy atom. The van der Waals surface area contributed by atoms with Crippen molar-refractivity contribution < 1.29 is 14.7 Å². The molecule has 0 heterocycles. The number of carbonyl (C=O) groups excluding carboxylic acids is 1. The topological polar surface area (TPSA) is 54.4 Å². The zero-order valence-electron chi connectivity index (χ0n) is 12.7. The summed E-state index contributed by atoms with van der Waals surface area (Å²) in [7, 11) is 0. The molecule has 3 nitrogen and oxygen atoms in total. The summed E-state index contributed by atoms with van der Waals surface area (Å²) >= 11 is 7.11. The average molecular weight is 349 g/mol. The minimum absolute atomic E-state index is 0.136. The highest BCUT2D eigenvalue weighted by Gasteiger charge is 2.26. The molecule has 0 fully saturated rings. The minimum atomic E-state index is -1.06. The molecule has 1 atom stereocenters. The number of aliphatic carboxylic acids is 1. The molecule has 120 valence electrons. The van der Waals surface area contributed by atoms with Gasteiger partial charge in [-0.05, 0) is 29.2 Å². The molecule has 2 aromatic carbocycles. The number of rotatable bonds is 6. The summed E-state index contributed by atoms with van der Waals surface area (Å²) < 4.78 is 0. The van der Waals surface area contributed by atoms with Gasteiger partial charge in [0.1, 0.15) is 5.25 Å². The van der Waals surface area contributed by atoms with E-state index in [1.165, 1.54) is 0 Å². The highest BCUT2D eigenvalue weighted by atomic mass is 35.5. The van der Waals surface area contributed by atoms with Crippen molar-refractivity contribution in [3.8, 4) is 11.1 Å². The quantitative estimate of drug-likeness (QED) is 0.780. The fourth-order valence-electron chi connectivity index (χ4n) is 2.19. The molecule has 0 aliphatic heterocycles. The zero-order chi connectivity index (χ0) is 16.8. The third-order valence-electron chi connectivity index (χ3n) is 3.32. The molecule has 0 radical (unpaired) electrons. The lowest BCUT2D eigenvalue weighted by Gasteiger charge is -2.14. The average Bonchev–Trinajstić information content (AvgIpc) is 2.54. The van der Waals surface area contributed by atoms with Crippen LogP contribution in [0.2, 0.25) is 5.02 Å². The number of hydrogen-bond acceptors (Lipinski definition) is 3. The minimum Gasteiger partial charge on any atom is -0.480 e. The van der Waals surface area contributed by atoms with Crippen molar-refractivity contribution in [1.29, 1.82) is 0 Å². The summed E-state index contributed by atoms with van der Waals surface area (Å²) in [5.41, 5.74) is 2.37. The van der Waals surface area contributed by atoms with Crippen LogP contribution in [0, 0.1) is 0 Å². The van der Waals surface area contributed by atoms with Gasteiger partial charge in [-0.2, -0.15) is 0 Å². The first-order valence-corrected chi connectivity index (χ1v) is 8.56. The lowest BCUT2D eigenvalue weighted by molar-refractivity contribution is -0.136. The van der Waals surface area contributed by atoms with Gasteiger partial charge >= 0.3 is 5.97 Å².